The molecule has 0 saturated carbocycles. The van der Waals surface area contributed by atoms with E-state index in [4.69, 9.17) is 17.3 Å². The van der Waals surface area contributed by atoms with Crippen molar-refractivity contribution in [2.45, 2.75) is 12.7 Å². The van der Waals surface area contributed by atoms with E-state index in [1.165, 1.54) is 0 Å². The fraction of sp³-hybridized carbons (Fsp3) is 0.0952. The summed E-state index contributed by atoms with van der Waals surface area (Å²) in [5, 5.41) is 1.41. The number of hydrogen-bond acceptors (Lipinski definition) is 1. The third kappa shape index (κ3) is 3.21. The van der Waals surface area contributed by atoms with Gasteiger partial charge in [0.25, 0.3) is 0 Å². The smallest absolute Gasteiger partial charge is 0.366 e. The van der Waals surface area contributed by atoms with Crippen LogP contribution in [0.15, 0.2) is 54.6 Å². The number of carbonyl (C=O) groups excluding carboxylic acids is 1. The highest BCUT2D eigenvalue weighted by Crippen LogP contribution is 2.38. The maximum Gasteiger partial charge on any atom is 0.416 e. The number of carbonyl (C=O) groups is 1. The number of primary amides is 1. The quantitative estimate of drug-likeness (QED) is 0.421. The molecule has 0 aliphatic rings. The molecule has 0 aliphatic heterocycles. The van der Waals surface area contributed by atoms with Crippen LogP contribution in [0.2, 0.25) is 5.02 Å². The lowest BCUT2D eigenvalue weighted by atomic mass is 10.1. The van der Waals surface area contributed by atoms with Crippen molar-refractivity contribution in [3.05, 3.63) is 82.1 Å². The summed E-state index contributed by atoms with van der Waals surface area (Å²) in [4.78, 5) is 11.9. The van der Waals surface area contributed by atoms with Crippen LogP contribution >= 0.6 is 11.6 Å². The molecular formula is C21H13ClF4N2O. The topological polar surface area (TPSA) is 48.0 Å². The van der Waals surface area contributed by atoms with Crippen molar-refractivity contribution < 1.29 is 22.4 Å². The van der Waals surface area contributed by atoms with Crippen LogP contribution in [0.1, 0.15) is 21.5 Å². The van der Waals surface area contributed by atoms with E-state index in [2.05, 4.69) is 0 Å². The summed E-state index contributed by atoms with van der Waals surface area (Å²) in [5.41, 5.74) is 5.52. The Balaban J connectivity index is 2.05. The maximum absolute atomic E-state index is 13.5. The Kier molecular flexibility index (Phi) is 4.50. The van der Waals surface area contributed by atoms with Gasteiger partial charge >= 0.3 is 6.18 Å². The first-order valence-electron chi connectivity index (χ1n) is 8.53. The van der Waals surface area contributed by atoms with Gasteiger partial charge in [0.2, 0.25) is 5.91 Å². The molecule has 3 nitrogen and oxygen atoms in total. The highest BCUT2D eigenvalue weighted by Gasteiger charge is 2.34. The van der Waals surface area contributed by atoms with Crippen LogP contribution in [-0.2, 0) is 12.7 Å². The van der Waals surface area contributed by atoms with Gasteiger partial charge in [0.05, 0.1) is 21.6 Å². The predicted octanol–water partition coefficient (Wildman–Crippen LogP) is 5.75. The minimum Gasteiger partial charge on any atom is -0.366 e. The number of hydrogen-bond donors (Lipinski definition) is 1. The molecule has 8 heteroatoms. The van der Waals surface area contributed by atoms with Crippen LogP contribution in [-0.4, -0.2) is 10.5 Å². The average Bonchev–Trinajstić information content (AvgIpc) is 2.97. The number of halogens is 5. The van der Waals surface area contributed by atoms with Gasteiger partial charge in [-0.05, 0) is 35.9 Å². The van der Waals surface area contributed by atoms with Gasteiger partial charge in [0, 0.05) is 22.9 Å². The largest absolute Gasteiger partial charge is 0.416 e. The van der Waals surface area contributed by atoms with E-state index in [1.807, 2.05) is 0 Å². The van der Waals surface area contributed by atoms with E-state index in [0.717, 1.165) is 12.1 Å². The van der Waals surface area contributed by atoms with Gasteiger partial charge in [-0.1, -0.05) is 35.9 Å². The normalized spacial score (nSPS) is 12.0. The highest BCUT2D eigenvalue weighted by molar-refractivity contribution is 6.37. The van der Waals surface area contributed by atoms with Crippen LogP contribution in [0, 0.1) is 5.82 Å². The zero-order valence-electron chi connectivity index (χ0n) is 14.7. The number of nitrogens with two attached hydrogens (primary N) is 1. The van der Waals surface area contributed by atoms with Gasteiger partial charge in [-0.2, -0.15) is 13.2 Å². The van der Waals surface area contributed by atoms with Crippen molar-refractivity contribution in [1.29, 1.82) is 0 Å². The first-order valence-corrected chi connectivity index (χ1v) is 8.91. The van der Waals surface area contributed by atoms with Crippen molar-refractivity contribution in [2.75, 3.05) is 0 Å². The summed E-state index contributed by atoms with van der Waals surface area (Å²) >= 11 is 6.37. The molecule has 1 aromatic heterocycles. The second kappa shape index (κ2) is 6.77. The number of aromatic nitrogens is 1. The molecule has 0 aliphatic carbocycles. The monoisotopic (exact) mass is 420 g/mol. The van der Waals surface area contributed by atoms with E-state index in [-0.39, 0.29) is 17.7 Å². The fourth-order valence-corrected chi connectivity index (χ4v) is 3.93. The third-order valence-corrected chi connectivity index (χ3v) is 5.14. The number of benzene rings is 3. The molecule has 0 atom stereocenters. The number of para-hydroxylation sites is 1. The van der Waals surface area contributed by atoms with Gasteiger partial charge in [-0.3, -0.25) is 4.79 Å². The van der Waals surface area contributed by atoms with Crippen LogP contribution in [0.4, 0.5) is 17.6 Å². The Bertz CT molecular complexity index is 1280. The molecule has 2 N–H and O–H groups in total. The Morgan fingerprint density at radius 2 is 1.79 bits per heavy atom. The lowest BCUT2D eigenvalue weighted by molar-refractivity contribution is -0.138. The number of nitrogens with zero attached hydrogens (tertiary/aromatic N) is 1. The van der Waals surface area contributed by atoms with Gasteiger partial charge in [0.15, 0.2) is 0 Å². The van der Waals surface area contributed by atoms with Crippen molar-refractivity contribution >= 4 is 39.3 Å². The summed E-state index contributed by atoms with van der Waals surface area (Å²) < 4.78 is 55.5. The molecule has 1 amide bonds. The molecule has 0 radical (unpaired) electrons. The first kappa shape index (κ1) is 19.3. The molecule has 0 unspecified atom stereocenters. The van der Waals surface area contributed by atoms with Crippen molar-refractivity contribution in [2.24, 2.45) is 5.73 Å². The summed E-state index contributed by atoms with van der Waals surface area (Å²) in [6.45, 7) is -0.221. The molecule has 3 aromatic carbocycles. The second-order valence-corrected chi connectivity index (χ2v) is 6.99. The van der Waals surface area contributed by atoms with E-state index in [9.17, 15) is 22.4 Å². The minimum atomic E-state index is -4.72. The van der Waals surface area contributed by atoms with Crippen LogP contribution in [0.5, 0.6) is 0 Å². The molecule has 4 rings (SSSR count). The van der Waals surface area contributed by atoms with Gasteiger partial charge in [0.1, 0.15) is 5.82 Å². The van der Waals surface area contributed by atoms with Crippen molar-refractivity contribution in [3.8, 4) is 0 Å². The van der Waals surface area contributed by atoms with E-state index < -0.39 is 23.5 Å². The average molecular weight is 421 g/mol. The lowest BCUT2D eigenvalue weighted by Gasteiger charge is -2.15. The summed E-state index contributed by atoms with van der Waals surface area (Å²) in [6, 6.07) is 12.4. The SMILES string of the molecule is NC(=O)c1cccc2c1c1cccc(Cl)c1n2Cc1ccc(F)cc1C(F)(F)F. The van der Waals surface area contributed by atoms with E-state index in [1.54, 1.807) is 41.0 Å². The molecular weight excluding hydrogens is 408 g/mol. The molecule has 0 spiro atoms. The van der Waals surface area contributed by atoms with Crippen LogP contribution in [0.3, 0.4) is 0 Å². The van der Waals surface area contributed by atoms with Crippen molar-refractivity contribution in [1.82, 2.24) is 4.57 Å². The van der Waals surface area contributed by atoms with Crippen molar-refractivity contribution in [3.63, 3.8) is 0 Å². The second-order valence-electron chi connectivity index (χ2n) is 6.59. The van der Waals surface area contributed by atoms with Gasteiger partial charge in [-0.25, -0.2) is 4.39 Å². The lowest BCUT2D eigenvalue weighted by Crippen LogP contribution is -2.13. The Labute approximate surface area is 167 Å². The fourth-order valence-electron chi connectivity index (χ4n) is 3.65. The van der Waals surface area contributed by atoms with E-state index in [0.29, 0.717) is 32.9 Å². The Hall–Kier alpha value is -3.06. The summed E-state index contributed by atoms with van der Waals surface area (Å²) in [7, 11) is 0. The minimum absolute atomic E-state index is 0.123. The molecule has 0 saturated heterocycles. The zero-order valence-corrected chi connectivity index (χ0v) is 15.5. The first-order chi connectivity index (χ1) is 13.7. The van der Waals surface area contributed by atoms with Gasteiger partial charge < -0.3 is 10.3 Å². The molecule has 148 valence electrons. The number of rotatable bonds is 3. The predicted molar refractivity (Wildman–Crippen MR) is 103 cm³/mol. The Morgan fingerprint density at radius 3 is 2.48 bits per heavy atom. The van der Waals surface area contributed by atoms with Crippen LogP contribution < -0.4 is 5.73 Å². The Morgan fingerprint density at radius 1 is 1.07 bits per heavy atom. The molecule has 0 fully saturated rings. The summed E-state index contributed by atoms with van der Waals surface area (Å²) in [6.07, 6.45) is -4.72. The molecule has 0 bridgehead atoms. The van der Waals surface area contributed by atoms with Crippen LogP contribution in [0.25, 0.3) is 21.8 Å². The molecule has 4 aromatic rings. The van der Waals surface area contributed by atoms with E-state index >= 15 is 0 Å². The standard InChI is InChI=1S/C21H13ClF4N2O/c22-16-5-1-3-13-18-14(20(27)29)4-2-6-17(18)28(19(13)16)10-11-7-8-12(23)9-15(11)21(24,25)26/h1-9H,10H2,(H2,27,29). The number of alkyl halides is 3. The molecule has 1 heterocycles. The highest BCUT2D eigenvalue weighted by atomic mass is 35.5. The maximum atomic E-state index is 13.5. The molecule has 29 heavy (non-hydrogen) atoms. The zero-order chi connectivity index (χ0) is 20.9. The number of amides is 1. The van der Waals surface area contributed by atoms with Gasteiger partial charge in [-0.15, -0.1) is 0 Å². The number of fused-ring (bicyclic) bond motifs is 3. The third-order valence-electron chi connectivity index (χ3n) is 4.83. The summed E-state index contributed by atoms with van der Waals surface area (Å²) in [5.74, 6) is -1.63.